The third-order valence-electron chi connectivity index (χ3n) is 5.37. The minimum Gasteiger partial charge on any atom is -0.401 e. The molecule has 1 aliphatic heterocycles. The van der Waals surface area contributed by atoms with Gasteiger partial charge in [-0.05, 0) is 30.8 Å². The molecule has 1 N–H and O–H groups in total. The minimum absolute atomic E-state index is 0.370. The van der Waals surface area contributed by atoms with Crippen LogP contribution >= 0.6 is 11.6 Å². The van der Waals surface area contributed by atoms with E-state index in [9.17, 15) is 0 Å². The molecule has 3 nitrogen and oxygen atoms in total. The van der Waals surface area contributed by atoms with Gasteiger partial charge >= 0.3 is 0 Å². The number of unbranched alkanes of at least 4 members (excludes halogenated alkanes) is 5. The molecule has 0 aromatic heterocycles. The van der Waals surface area contributed by atoms with E-state index in [1.54, 1.807) is 0 Å². The first kappa shape index (κ1) is 19.1. The van der Waals surface area contributed by atoms with Crippen molar-refractivity contribution in [2.45, 2.75) is 90.0 Å². The average molecular weight is 343 g/mol. The molecule has 0 bridgehead atoms. The van der Waals surface area contributed by atoms with E-state index in [1.165, 1.54) is 76.2 Å². The first-order valence-electron chi connectivity index (χ1n) is 9.78. The first-order valence-corrected chi connectivity index (χ1v) is 10.3. The van der Waals surface area contributed by atoms with Gasteiger partial charge in [-0.3, -0.25) is 0 Å². The Bertz CT molecular complexity index is 342. The highest BCUT2D eigenvalue weighted by molar-refractivity contribution is 6.18. The van der Waals surface area contributed by atoms with Crippen molar-refractivity contribution in [2.75, 3.05) is 12.4 Å². The van der Waals surface area contributed by atoms with Crippen LogP contribution in [-0.2, 0) is 4.84 Å². The Morgan fingerprint density at radius 3 is 2.65 bits per heavy atom. The van der Waals surface area contributed by atoms with Gasteiger partial charge in [-0.1, -0.05) is 70.3 Å². The van der Waals surface area contributed by atoms with E-state index in [2.05, 4.69) is 17.5 Å². The highest BCUT2D eigenvalue weighted by atomic mass is 35.5. The first-order chi connectivity index (χ1) is 11.3. The van der Waals surface area contributed by atoms with E-state index in [0.29, 0.717) is 11.9 Å². The minimum atomic E-state index is 0.370. The van der Waals surface area contributed by atoms with Crippen LogP contribution in [0.5, 0.6) is 0 Å². The molecule has 0 spiro atoms. The van der Waals surface area contributed by atoms with Gasteiger partial charge in [-0.25, -0.2) is 5.01 Å². The van der Waals surface area contributed by atoms with Crippen molar-refractivity contribution in [3.63, 3.8) is 0 Å². The normalized spacial score (nSPS) is 21.7. The number of hydrogen-bond acceptors (Lipinski definition) is 3. The molecule has 0 saturated heterocycles. The predicted molar refractivity (Wildman–Crippen MR) is 98.1 cm³/mol. The van der Waals surface area contributed by atoms with Crippen LogP contribution in [0, 0.1) is 5.92 Å². The van der Waals surface area contributed by atoms with Crippen molar-refractivity contribution in [1.29, 1.82) is 0 Å². The second-order valence-electron chi connectivity index (χ2n) is 7.23. The lowest BCUT2D eigenvalue weighted by molar-refractivity contribution is -0.0691. The van der Waals surface area contributed by atoms with Gasteiger partial charge in [0.15, 0.2) is 0 Å². The van der Waals surface area contributed by atoms with Crippen LogP contribution < -0.4 is 5.59 Å². The molecule has 1 unspecified atom stereocenters. The van der Waals surface area contributed by atoms with Crippen molar-refractivity contribution in [3.05, 3.63) is 11.8 Å². The third kappa shape index (κ3) is 6.64. The summed E-state index contributed by atoms with van der Waals surface area (Å²) >= 11 is 6.24. The summed E-state index contributed by atoms with van der Waals surface area (Å²) in [6, 6.07) is 0.370. The Hall–Kier alpha value is -0.250. The van der Waals surface area contributed by atoms with Gasteiger partial charge in [-0.2, -0.15) is 0 Å². The highest BCUT2D eigenvalue weighted by Crippen LogP contribution is 2.31. The highest BCUT2D eigenvalue weighted by Gasteiger charge is 2.26. The number of halogens is 1. The summed E-state index contributed by atoms with van der Waals surface area (Å²) in [7, 11) is 0. The van der Waals surface area contributed by atoms with Crippen molar-refractivity contribution in [3.8, 4) is 0 Å². The van der Waals surface area contributed by atoms with Crippen LogP contribution in [0.1, 0.15) is 84.0 Å². The summed E-state index contributed by atoms with van der Waals surface area (Å²) in [6.07, 6.45) is 17.9. The van der Waals surface area contributed by atoms with Gasteiger partial charge in [-0.15, -0.1) is 11.6 Å². The van der Waals surface area contributed by atoms with E-state index in [4.69, 9.17) is 16.4 Å². The molecular formula is C19H35ClN2O. The van der Waals surface area contributed by atoms with E-state index in [-0.39, 0.29) is 0 Å². The lowest BCUT2D eigenvalue weighted by Gasteiger charge is -2.36. The van der Waals surface area contributed by atoms with Gasteiger partial charge in [0.1, 0.15) is 6.26 Å². The van der Waals surface area contributed by atoms with Crippen LogP contribution in [0.3, 0.4) is 0 Å². The Kier molecular flexibility index (Phi) is 9.40. The summed E-state index contributed by atoms with van der Waals surface area (Å²) in [4.78, 5) is 5.55. The Morgan fingerprint density at radius 1 is 1.17 bits per heavy atom. The zero-order valence-corrected chi connectivity index (χ0v) is 15.6. The second kappa shape index (κ2) is 11.3. The van der Waals surface area contributed by atoms with E-state index in [1.807, 2.05) is 6.26 Å². The Balaban J connectivity index is 1.71. The number of alkyl halides is 1. The van der Waals surface area contributed by atoms with Gasteiger partial charge in [0.2, 0.25) is 0 Å². The molecule has 2 rings (SSSR count). The van der Waals surface area contributed by atoms with E-state index in [0.717, 1.165) is 18.9 Å². The second-order valence-corrected chi connectivity index (χ2v) is 7.54. The molecule has 1 heterocycles. The number of hydrazine groups is 1. The van der Waals surface area contributed by atoms with Crippen LogP contribution in [0.25, 0.3) is 0 Å². The molecule has 23 heavy (non-hydrogen) atoms. The molecule has 0 aromatic rings. The Morgan fingerprint density at radius 2 is 1.91 bits per heavy atom. The lowest BCUT2D eigenvalue weighted by atomic mass is 9.84. The molecule has 2 aliphatic rings. The number of nitrogens with one attached hydrogen (secondary N) is 1. The number of rotatable bonds is 10. The molecule has 0 radical (unpaired) electrons. The van der Waals surface area contributed by atoms with Crippen LogP contribution in [-0.4, -0.2) is 23.5 Å². The van der Waals surface area contributed by atoms with E-state index < -0.39 is 0 Å². The fourth-order valence-corrected chi connectivity index (χ4v) is 4.14. The fourth-order valence-electron chi connectivity index (χ4n) is 3.81. The zero-order chi connectivity index (χ0) is 16.3. The van der Waals surface area contributed by atoms with Crippen molar-refractivity contribution >= 4 is 11.6 Å². The SMILES string of the molecule is CCCCCCCCC(CCl)N1CC(C2CCCCC2)=CON1. The van der Waals surface area contributed by atoms with Crippen molar-refractivity contribution < 1.29 is 4.84 Å². The van der Waals surface area contributed by atoms with Gasteiger partial charge in [0, 0.05) is 18.5 Å². The van der Waals surface area contributed by atoms with Crippen LogP contribution in [0.15, 0.2) is 11.8 Å². The summed E-state index contributed by atoms with van der Waals surface area (Å²) in [5.74, 6) is 1.39. The molecule has 1 saturated carbocycles. The third-order valence-corrected chi connectivity index (χ3v) is 5.73. The zero-order valence-electron chi connectivity index (χ0n) is 14.9. The molecule has 1 fully saturated rings. The molecule has 4 heteroatoms. The topological polar surface area (TPSA) is 24.5 Å². The Labute approximate surface area is 147 Å². The summed E-state index contributed by atoms with van der Waals surface area (Å²) in [5.41, 5.74) is 4.53. The lowest BCUT2D eigenvalue weighted by Crippen LogP contribution is -2.49. The number of hydrogen-bond donors (Lipinski definition) is 1. The molecular weight excluding hydrogens is 308 g/mol. The average Bonchev–Trinajstić information content (AvgIpc) is 2.62. The van der Waals surface area contributed by atoms with E-state index >= 15 is 0 Å². The van der Waals surface area contributed by atoms with Crippen molar-refractivity contribution in [2.24, 2.45) is 5.92 Å². The quantitative estimate of drug-likeness (QED) is 0.415. The maximum Gasteiger partial charge on any atom is 0.113 e. The molecule has 1 atom stereocenters. The molecule has 0 amide bonds. The molecule has 134 valence electrons. The monoisotopic (exact) mass is 342 g/mol. The van der Waals surface area contributed by atoms with Gasteiger partial charge in [0.05, 0.1) is 0 Å². The standard InChI is InChI=1S/C19H35ClN2O/c1-2-3-4-5-6-10-13-19(14-20)22-15-18(16-23-21-22)17-11-8-7-9-12-17/h16-17,19,21H,2-15H2,1H3. The smallest absolute Gasteiger partial charge is 0.113 e. The summed E-state index contributed by atoms with van der Waals surface area (Å²) in [5, 5.41) is 2.23. The maximum atomic E-state index is 6.24. The van der Waals surface area contributed by atoms with Gasteiger partial charge < -0.3 is 4.84 Å². The van der Waals surface area contributed by atoms with Crippen molar-refractivity contribution in [1.82, 2.24) is 10.6 Å². The number of nitrogens with zero attached hydrogens (tertiary/aromatic N) is 1. The molecule has 0 aromatic carbocycles. The van der Waals surface area contributed by atoms with Gasteiger partial charge in [0.25, 0.3) is 0 Å². The fraction of sp³-hybridized carbons (Fsp3) is 0.895. The van der Waals surface area contributed by atoms with Crippen LogP contribution in [0.4, 0.5) is 0 Å². The maximum absolute atomic E-state index is 6.24. The predicted octanol–water partition coefficient (Wildman–Crippen LogP) is 5.56. The summed E-state index contributed by atoms with van der Waals surface area (Å²) in [6.45, 7) is 3.24. The largest absolute Gasteiger partial charge is 0.401 e. The van der Waals surface area contributed by atoms with Crippen LogP contribution in [0.2, 0.25) is 0 Å². The molecule has 1 aliphatic carbocycles. The summed E-state index contributed by atoms with van der Waals surface area (Å²) < 4.78 is 0.